The van der Waals surface area contributed by atoms with Gasteiger partial charge in [0.05, 0.1) is 15.2 Å². The Hall–Kier alpha value is -0.260. The quantitative estimate of drug-likeness (QED) is 0.846. The zero-order valence-electron chi connectivity index (χ0n) is 8.83. The monoisotopic (exact) mass is 325 g/mol. The molecule has 0 aliphatic heterocycles. The van der Waals surface area contributed by atoms with Crippen molar-refractivity contribution in [3.8, 4) is 0 Å². The zero-order valence-corrected chi connectivity index (χ0v) is 12.0. The first-order valence-electron chi connectivity index (χ1n) is 4.76. The molecule has 90 valence electrons. The predicted octanol–water partition coefficient (Wildman–Crippen LogP) is 2.95. The highest BCUT2D eigenvalue weighted by atomic mass is 79.9. The van der Waals surface area contributed by atoms with Crippen LogP contribution < -0.4 is 5.32 Å². The molecule has 0 fully saturated rings. The third-order valence-electron chi connectivity index (χ3n) is 1.96. The summed E-state index contributed by atoms with van der Waals surface area (Å²) in [5, 5.41) is 3.76. The number of nitrogens with one attached hydrogen (secondary N) is 1. The van der Waals surface area contributed by atoms with Gasteiger partial charge < -0.3 is 5.32 Å². The van der Waals surface area contributed by atoms with Crippen molar-refractivity contribution in [3.63, 3.8) is 0 Å². The van der Waals surface area contributed by atoms with Crippen molar-refractivity contribution in [2.24, 2.45) is 0 Å². The minimum atomic E-state index is -2.87. The molecular formula is C10H13BrClNO2S. The molecule has 0 amide bonds. The van der Waals surface area contributed by atoms with Gasteiger partial charge >= 0.3 is 0 Å². The van der Waals surface area contributed by atoms with Crippen LogP contribution in [0.5, 0.6) is 0 Å². The third kappa shape index (κ3) is 4.72. The number of halogens is 2. The number of hydrogen-bond acceptors (Lipinski definition) is 3. The summed E-state index contributed by atoms with van der Waals surface area (Å²) < 4.78 is 22.6. The van der Waals surface area contributed by atoms with Gasteiger partial charge in [-0.05, 0) is 34.5 Å². The summed E-state index contributed by atoms with van der Waals surface area (Å²) in [5.74, 6) is 0.193. The molecule has 6 heteroatoms. The fourth-order valence-electron chi connectivity index (χ4n) is 1.20. The van der Waals surface area contributed by atoms with Gasteiger partial charge in [-0.2, -0.15) is 0 Å². The van der Waals surface area contributed by atoms with Gasteiger partial charge in [-0.3, -0.25) is 0 Å². The summed E-state index contributed by atoms with van der Waals surface area (Å²) in [4.78, 5) is 0. The summed E-state index contributed by atoms with van der Waals surface area (Å²) >= 11 is 9.28. The highest BCUT2D eigenvalue weighted by Gasteiger charge is 2.04. The van der Waals surface area contributed by atoms with E-state index in [2.05, 4.69) is 21.2 Å². The van der Waals surface area contributed by atoms with Crippen LogP contribution in [0.2, 0.25) is 5.02 Å². The fraction of sp³-hybridized carbons (Fsp3) is 0.400. The topological polar surface area (TPSA) is 46.2 Å². The van der Waals surface area contributed by atoms with E-state index in [4.69, 9.17) is 11.6 Å². The first-order chi connectivity index (χ1) is 7.40. The summed E-state index contributed by atoms with van der Waals surface area (Å²) in [6, 6.07) is 5.51. The predicted molar refractivity (Wildman–Crippen MR) is 72.0 cm³/mol. The molecule has 0 spiro atoms. The summed E-state index contributed by atoms with van der Waals surface area (Å²) in [7, 11) is -2.87. The molecule has 3 nitrogen and oxygen atoms in total. The van der Waals surface area contributed by atoms with Crippen molar-refractivity contribution in [3.05, 3.63) is 27.7 Å². The van der Waals surface area contributed by atoms with Gasteiger partial charge in [0.25, 0.3) is 0 Å². The average molecular weight is 327 g/mol. The number of benzene rings is 1. The second-order valence-electron chi connectivity index (χ2n) is 3.51. The lowest BCUT2D eigenvalue weighted by Crippen LogP contribution is -2.09. The van der Waals surface area contributed by atoms with Crippen molar-refractivity contribution < 1.29 is 8.42 Å². The van der Waals surface area contributed by atoms with Crippen LogP contribution in [-0.4, -0.2) is 27.0 Å². The molecule has 0 radical (unpaired) electrons. The molecule has 0 bridgehead atoms. The van der Waals surface area contributed by atoms with E-state index in [1.165, 1.54) is 6.26 Å². The largest absolute Gasteiger partial charge is 0.384 e. The van der Waals surface area contributed by atoms with Crippen LogP contribution in [0.25, 0.3) is 0 Å². The Morgan fingerprint density at radius 1 is 1.44 bits per heavy atom. The second kappa shape index (κ2) is 5.89. The molecule has 1 aromatic rings. The zero-order chi connectivity index (χ0) is 12.2. The molecule has 0 atom stereocenters. The molecule has 0 aliphatic rings. The maximum absolute atomic E-state index is 10.9. The van der Waals surface area contributed by atoms with Gasteiger partial charge in [-0.25, -0.2) is 8.42 Å². The Morgan fingerprint density at radius 3 is 2.75 bits per heavy atom. The van der Waals surface area contributed by atoms with Crippen molar-refractivity contribution in [2.75, 3.05) is 23.9 Å². The lowest BCUT2D eigenvalue weighted by molar-refractivity contribution is 0.600. The summed E-state index contributed by atoms with van der Waals surface area (Å²) in [6.45, 7) is 0.603. The van der Waals surface area contributed by atoms with Gasteiger partial charge in [0, 0.05) is 18.5 Å². The van der Waals surface area contributed by atoms with Crippen molar-refractivity contribution in [1.29, 1.82) is 0 Å². The van der Waals surface area contributed by atoms with Crippen molar-refractivity contribution >= 4 is 43.1 Å². The average Bonchev–Trinajstić information content (AvgIpc) is 2.17. The van der Waals surface area contributed by atoms with E-state index in [0.717, 1.165) is 10.2 Å². The Bertz CT molecular complexity index is 462. The van der Waals surface area contributed by atoms with Crippen molar-refractivity contribution in [1.82, 2.24) is 0 Å². The SMILES string of the molecule is CS(=O)(=O)CCCNc1cccc(Cl)c1Br. The van der Waals surface area contributed by atoms with E-state index in [9.17, 15) is 8.42 Å². The molecule has 1 N–H and O–H groups in total. The standard InChI is InChI=1S/C10H13BrClNO2S/c1-16(14,15)7-3-6-13-9-5-2-4-8(12)10(9)11/h2,4-5,13H,3,6-7H2,1H3. The molecule has 0 saturated carbocycles. The molecule has 1 rings (SSSR count). The van der Waals surface area contributed by atoms with Gasteiger partial charge in [-0.1, -0.05) is 17.7 Å². The Kier molecular flexibility index (Phi) is 5.08. The Labute approximate surface area is 109 Å². The maximum atomic E-state index is 10.9. The van der Waals surface area contributed by atoms with E-state index in [0.29, 0.717) is 18.0 Å². The molecular weight excluding hydrogens is 314 g/mol. The van der Waals surface area contributed by atoms with E-state index in [1.54, 1.807) is 6.07 Å². The van der Waals surface area contributed by atoms with Gasteiger partial charge in [0.1, 0.15) is 9.84 Å². The van der Waals surface area contributed by atoms with Crippen LogP contribution in [0.4, 0.5) is 5.69 Å². The molecule has 1 aromatic carbocycles. The van der Waals surface area contributed by atoms with E-state index in [-0.39, 0.29) is 5.75 Å². The Morgan fingerprint density at radius 2 is 2.12 bits per heavy atom. The molecule has 16 heavy (non-hydrogen) atoms. The van der Waals surface area contributed by atoms with E-state index in [1.807, 2.05) is 12.1 Å². The molecule has 0 heterocycles. The van der Waals surface area contributed by atoms with Crippen LogP contribution in [0.3, 0.4) is 0 Å². The minimum Gasteiger partial charge on any atom is -0.384 e. The van der Waals surface area contributed by atoms with E-state index < -0.39 is 9.84 Å². The van der Waals surface area contributed by atoms with Crippen LogP contribution in [0.1, 0.15) is 6.42 Å². The van der Waals surface area contributed by atoms with Crippen LogP contribution in [-0.2, 0) is 9.84 Å². The van der Waals surface area contributed by atoms with Gasteiger partial charge in [-0.15, -0.1) is 0 Å². The fourth-order valence-corrected chi connectivity index (χ4v) is 2.45. The normalized spacial score (nSPS) is 11.4. The summed E-state index contributed by atoms with van der Waals surface area (Å²) in [5.41, 5.74) is 0.876. The number of anilines is 1. The van der Waals surface area contributed by atoms with Gasteiger partial charge in [0.15, 0.2) is 0 Å². The molecule has 0 aromatic heterocycles. The first-order valence-corrected chi connectivity index (χ1v) is 7.99. The van der Waals surface area contributed by atoms with Crippen molar-refractivity contribution in [2.45, 2.75) is 6.42 Å². The maximum Gasteiger partial charge on any atom is 0.147 e. The minimum absolute atomic E-state index is 0.193. The van der Waals surface area contributed by atoms with Crippen LogP contribution >= 0.6 is 27.5 Å². The molecule has 0 unspecified atom stereocenters. The highest BCUT2D eigenvalue weighted by molar-refractivity contribution is 9.10. The molecule has 0 aliphatic carbocycles. The first kappa shape index (κ1) is 13.8. The highest BCUT2D eigenvalue weighted by Crippen LogP contribution is 2.29. The lowest BCUT2D eigenvalue weighted by atomic mass is 10.3. The Balaban J connectivity index is 2.47. The van der Waals surface area contributed by atoms with Gasteiger partial charge in [0.2, 0.25) is 0 Å². The van der Waals surface area contributed by atoms with Crippen LogP contribution in [0.15, 0.2) is 22.7 Å². The van der Waals surface area contributed by atoms with Crippen LogP contribution in [0, 0.1) is 0 Å². The number of hydrogen-bond donors (Lipinski definition) is 1. The second-order valence-corrected chi connectivity index (χ2v) is 6.97. The van der Waals surface area contributed by atoms with E-state index >= 15 is 0 Å². The summed E-state index contributed by atoms with van der Waals surface area (Å²) in [6.07, 6.45) is 1.82. The smallest absolute Gasteiger partial charge is 0.147 e. The number of sulfone groups is 1. The lowest BCUT2D eigenvalue weighted by Gasteiger charge is -2.08. The third-order valence-corrected chi connectivity index (χ3v) is 4.39. The number of rotatable bonds is 5. The molecule has 0 saturated heterocycles.